The molecule has 0 spiro atoms. The van der Waals surface area contributed by atoms with Crippen molar-refractivity contribution < 1.29 is 22.7 Å². The minimum Gasteiger partial charge on any atom is -0.457 e. The fraction of sp³-hybridized carbons (Fsp3) is 0.182. The van der Waals surface area contributed by atoms with Crippen molar-refractivity contribution >= 4 is 29.0 Å². The normalized spacial score (nSPS) is 12.1. The van der Waals surface area contributed by atoms with Crippen LogP contribution in [0.3, 0.4) is 0 Å². The maximum absolute atomic E-state index is 12.6. The van der Waals surface area contributed by atoms with Gasteiger partial charge in [0.15, 0.2) is 4.67 Å². The van der Waals surface area contributed by atoms with Crippen LogP contribution in [0.1, 0.15) is 16.8 Å². The van der Waals surface area contributed by atoms with Gasteiger partial charge in [0.05, 0.1) is 23.6 Å². The Kier molecular flexibility index (Phi) is 7.02. The van der Waals surface area contributed by atoms with Gasteiger partial charge in [-0.15, -0.1) is 6.58 Å². The molecule has 0 atom stereocenters. The Bertz CT molecular complexity index is 1150. The van der Waals surface area contributed by atoms with E-state index in [0.717, 1.165) is 23.4 Å². The molecular formula is C22H18ClF3N2O2S. The highest BCUT2D eigenvalue weighted by Crippen LogP contribution is 2.31. The number of benzene rings is 2. The van der Waals surface area contributed by atoms with Gasteiger partial charge in [-0.3, -0.25) is 8.75 Å². The van der Waals surface area contributed by atoms with Crippen LogP contribution < -0.4 is 9.41 Å². The summed E-state index contributed by atoms with van der Waals surface area (Å²) in [7, 11) is 0. The third-order valence-corrected chi connectivity index (χ3v) is 5.97. The van der Waals surface area contributed by atoms with Crippen LogP contribution in [0.15, 0.2) is 66.2 Å². The number of carbonyl (C=O) groups is 1. The first-order valence-electron chi connectivity index (χ1n) is 9.16. The summed E-state index contributed by atoms with van der Waals surface area (Å²) in [5.41, 5.74) is 0.799. The van der Waals surface area contributed by atoms with Crippen molar-refractivity contribution in [1.82, 2.24) is 3.96 Å². The van der Waals surface area contributed by atoms with Gasteiger partial charge >= 0.3 is 6.18 Å². The fourth-order valence-electron chi connectivity index (χ4n) is 2.69. The van der Waals surface area contributed by atoms with Gasteiger partial charge in [-0.25, -0.2) is 0 Å². The monoisotopic (exact) mass is 466 g/mol. The SMILES string of the molecule is C=CCn1sc(=NC(=O)Cc2ccc(Oc3ccc(C(F)(F)F)cc3)cc2)c(Cl)c1C. The molecule has 0 aliphatic heterocycles. The quantitative estimate of drug-likeness (QED) is 0.407. The molecule has 0 aliphatic carbocycles. The molecular weight excluding hydrogens is 449 g/mol. The fourth-order valence-corrected chi connectivity index (χ4v) is 3.97. The lowest BCUT2D eigenvalue weighted by molar-refractivity contribution is -0.137. The van der Waals surface area contributed by atoms with Crippen molar-refractivity contribution in [3.8, 4) is 11.5 Å². The highest BCUT2D eigenvalue weighted by molar-refractivity contribution is 7.04. The van der Waals surface area contributed by atoms with Gasteiger partial charge in [-0.1, -0.05) is 29.8 Å². The van der Waals surface area contributed by atoms with Crippen LogP contribution in [-0.4, -0.2) is 9.86 Å². The molecule has 2 aromatic carbocycles. The predicted octanol–water partition coefficient (Wildman–Crippen LogP) is 6.18. The Labute approximate surface area is 186 Å². The molecule has 4 nitrogen and oxygen atoms in total. The van der Waals surface area contributed by atoms with Crippen LogP contribution in [-0.2, 0) is 23.9 Å². The zero-order valence-corrected chi connectivity index (χ0v) is 18.0. The van der Waals surface area contributed by atoms with Crippen LogP contribution in [0.25, 0.3) is 0 Å². The Balaban J connectivity index is 1.66. The molecule has 0 unspecified atom stereocenters. The number of rotatable bonds is 6. The minimum absolute atomic E-state index is 0.0787. The molecule has 1 heterocycles. The second-order valence-electron chi connectivity index (χ2n) is 6.60. The number of amides is 1. The lowest BCUT2D eigenvalue weighted by Gasteiger charge is -2.09. The van der Waals surface area contributed by atoms with Crippen LogP contribution in [0.4, 0.5) is 13.2 Å². The number of alkyl halides is 3. The average molecular weight is 467 g/mol. The van der Waals surface area contributed by atoms with Gasteiger partial charge in [-0.2, -0.15) is 18.2 Å². The molecule has 0 saturated carbocycles. The maximum Gasteiger partial charge on any atom is 0.416 e. The Hall–Kier alpha value is -2.84. The third-order valence-electron chi connectivity index (χ3n) is 4.29. The molecule has 0 bridgehead atoms. The molecule has 1 aromatic heterocycles. The zero-order valence-electron chi connectivity index (χ0n) is 16.4. The molecule has 3 aromatic rings. The van der Waals surface area contributed by atoms with Gasteiger partial charge in [0.1, 0.15) is 11.5 Å². The van der Waals surface area contributed by atoms with Crippen molar-refractivity contribution in [2.45, 2.75) is 26.1 Å². The molecule has 31 heavy (non-hydrogen) atoms. The summed E-state index contributed by atoms with van der Waals surface area (Å²) < 4.78 is 45.8. The van der Waals surface area contributed by atoms with Gasteiger partial charge in [0.25, 0.3) is 5.91 Å². The summed E-state index contributed by atoms with van der Waals surface area (Å²) in [4.78, 5) is 16.4. The maximum atomic E-state index is 12.6. The van der Waals surface area contributed by atoms with Crippen LogP contribution in [0.5, 0.6) is 11.5 Å². The van der Waals surface area contributed by atoms with Crippen LogP contribution in [0, 0.1) is 6.92 Å². The Morgan fingerprint density at radius 1 is 1.16 bits per heavy atom. The number of hydrogen-bond donors (Lipinski definition) is 0. The molecule has 0 saturated heterocycles. The number of hydrogen-bond acceptors (Lipinski definition) is 3. The standard InChI is InChI=1S/C22H18ClF3N2O2S/c1-3-12-28-14(2)20(23)21(31-28)27-19(29)13-15-4-8-17(9-5-15)30-18-10-6-16(7-11-18)22(24,25)26/h3-11H,1,12-13H2,2H3. The second kappa shape index (κ2) is 9.53. The van der Waals surface area contributed by atoms with Crippen molar-refractivity contribution in [2.75, 3.05) is 0 Å². The van der Waals surface area contributed by atoms with Crippen LogP contribution >= 0.6 is 23.1 Å². The first kappa shape index (κ1) is 22.8. The van der Waals surface area contributed by atoms with Crippen molar-refractivity contribution in [3.63, 3.8) is 0 Å². The molecule has 3 rings (SSSR count). The van der Waals surface area contributed by atoms with E-state index in [-0.39, 0.29) is 18.1 Å². The van der Waals surface area contributed by atoms with E-state index in [2.05, 4.69) is 11.6 Å². The highest BCUT2D eigenvalue weighted by Gasteiger charge is 2.30. The number of aromatic nitrogens is 1. The number of carbonyl (C=O) groups excluding carboxylic acids is 1. The Morgan fingerprint density at radius 3 is 2.29 bits per heavy atom. The van der Waals surface area contributed by atoms with Crippen molar-refractivity contribution in [3.05, 3.63) is 87.7 Å². The van der Waals surface area contributed by atoms with Crippen LogP contribution in [0.2, 0.25) is 5.02 Å². The lowest BCUT2D eigenvalue weighted by Crippen LogP contribution is -2.06. The zero-order chi connectivity index (χ0) is 22.6. The molecule has 0 radical (unpaired) electrons. The van der Waals surface area contributed by atoms with E-state index >= 15 is 0 Å². The number of ether oxygens (including phenoxy) is 1. The van der Waals surface area contributed by atoms with Gasteiger partial charge in [0.2, 0.25) is 0 Å². The van der Waals surface area contributed by atoms with E-state index in [4.69, 9.17) is 16.3 Å². The summed E-state index contributed by atoms with van der Waals surface area (Å²) in [6.07, 6.45) is -2.58. The minimum atomic E-state index is -4.39. The van der Waals surface area contributed by atoms with E-state index in [1.54, 1.807) is 30.3 Å². The Morgan fingerprint density at radius 2 is 1.74 bits per heavy atom. The van der Waals surface area contributed by atoms with E-state index in [9.17, 15) is 18.0 Å². The lowest BCUT2D eigenvalue weighted by atomic mass is 10.1. The molecule has 1 amide bonds. The van der Waals surface area contributed by atoms with Gasteiger partial charge in [-0.05, 0) is 60.4 Å². The van der Waals surface area contributed by atoms with E-state index in [0.29, 0.717) is 22.0 Å². The number of allylic oxidation sites excluding steroid dienone is 1. The highest BCUT2D eigenvalue weighted by atomic mass is 35.5. The summed E-state index contributed by atoms with van der Waals surface area (Å²) in [5, 5.41) is 0.445. The molecule has 0 fully saturated rings. The van der Waals surface area contributed by atoms with E-state index in [1.807, 2.05) is 10.9 Å². The number of halogens is 4. The van der Waals surface area contributed by atoms with Gasteiger partial charge < -0.3 is 4.74 Å². The van der Waals surface area contributed by atoms with E-state index in [1.165, 1.54) is 23.7 Å². The summed E-state index contributed by atoms with van der Waals surface area (Å²) in [5.74, 6) is 0.378. The molecule has 0 N–H and O–H groups in total. The molecule has 162 valence electrons. The first-order chi connectivity index (χ1) is 14.7. The smallest absolute Gasteiger partial charge is 0.416 e. The third kappa shape index (κ3) is 5.86. The average Bonchev–Trinajstić information content (AvgIpc) is 2.97. The predicted molar refractivity (Wildman–Crippen MR) is 114 cm³/mol. The van der Waals surface area contributed by atoms with Crippen molar-refractivity contribution in [1.29, 1.82) is 0 Å². The largest absolute Gasteiger partial charge is 0.457 e. The summed E-state index contributed by atoms with van der Waals surface area (Å²) in [6, 6.07) is 11.1. The molecule has 0 aliphatic rings. The second-order valence-corrected chi connectivity index (χ2v) is 7.98. The summed E-state index contributed by atoms with van der Waals surface area (Å²) >= 11 is 7.55. The topological polar surface area (TPSA) is 43.6 Å². The first-order valence-corrected chi connectivity index (χ1v) is 10.3. The summed E-state index contributed by atoms with van der Waals surface area (Å²) in [6.45, 7) is 6.12. The van der Waals surface area contributed by atoms with Crippen molar-refractivity contribution in [2.24, 2.45) is 4.99 Å². The molecule has 9 heteroatoms. The van der Waals surface area contributed by atoms with Gasteiger partial charge in [0, 0.05) is 5.69 Å². The number of nitrogens with zero attached hydrogens (tertiary/aromatic N) is 2. The van der Waals surface area contributed by atoms with E-state index < -0.39 is 11.7 Å².